The Morgan fingerprint density at radius 2 is 1.70 bits per heavy atom. The zero-order valence-corrected chi connectivity index (χ0v) is 13.2. The van der Waals surface area contributed by atoms with Crippen molar-refractivity contribution >= 4 is 28.0 Å². The molecule has 0 bridgehead atoms. The quantitative estimate of drug-likeness (QED) is 0.642. The maximum Gasteiger partial charge on any atom is 0.254 e. The lowest BCUT2D eigenvalue weighted by Crippen LogP contribution is -2.42. The van der Waals surface area contributed by atoms with Crippen LogP contribution >= 0.6 is 0 Å². The molecule has 2 aromatic carbocycles. The number of hydrogen-bond acceptors (Lipinski definition) is 3. The average Bonchev–Trinajstić information content (AvgIpc) is 2.59. The third-order valence-electron chi connectivity index (χ3n) is 4.65. The Morgan fingerprint density at radius 3 is 2.43 bits per heavy atom. The number of rotatable bonds is 1. The van der Waals surface area contributed by atoms with E-state index in [9.17, 15) is 4.79 Å². The molecule has 4 heteroatoms. The molecule has 1 amide bonds. The Labute approximate surface area is 135 Å². The van der Waals surface area contributed by atoms with Crippen LogP contribution in [0.25, 0.3) is 22.1 Å². The summed E-state index contributed by atoms with van der Waals surface area (Å²) in [6.07, 6.45) is 3.39. The van der Waals surface area contributed by atoms with Crippen molar-refractivity contribution in [2.24, 2.45) is 0 Å². The predicted molar refractivity (Wildman–Crippen MR) is 91.4 cm³/mol. The van der Waals surface area contributed by atoms with Gasteiger partial charge in [0.15, 0.2) is 0 Å². The van der Waals surface area contributed by atoms with Crippen LogP contribution in [0.4, 0.5) is 0 Å². The van der Waals surface area contributed by atoms with Gasteiger partial charge >= 0.3 is 0 Å². The maximum absolute atomic E-state index is 12.8. The second kappa shape index (κ2) is 5.61. The number of likely N-dealkylation sites (tertiary alicyclic amines) is 1. The normalized spacial score (nSPS) is 18.5. The molecule has 116 valence electrons. The first-order chi connectivity index (χ1) is 11.2. The minimum absolute atomic E-state index is 0.106. The predicted octanol–water partition coefficient (Wildman–Crippen LogP) is 3.80. The van der Waals surface area contributed by atoms with E-state index < -0.39 is 0 Å². The summed E-state index contributed by atoms with van der Waals surface area (Å²) >= 11 is 0. The molecule has 1 aliphatic heterocycles. The molecule has 0 radical (unpaired) electrons. The lowest BCUT2D eigenvalue weighted by molar-refractivity contribution is 0.0636. The molecule has 1 aromatic heterocycles. The third-order valence-corrected chi connectivity index (χ3v) is 4.65. The number of fused-ring (bicyclic) bond motifs is 2. The largest absolute Gasteiger partial charge is 0.336 e. The fourth-order valence-corrected chi connectivity index (χ4v) is 3.32. The first kappa shape index (κ1) is 14.1. The van der Waals surface area contributed by atoms with Crippen LogP contribution in [0.1, 0.15) is 36.5 Å². The molecule has 3 aromatic rings. The summed E-state index contributed by atoms with van der Waals surface area (Å²) in [7, 11) is 0. The van der Waals surface area contributed by atoms with Crippen LogP contribution in [0.15, 0.2) is 42.5 Å². The Hall–Kier alpha value is -2.49. The number of carbonyl (C=O) groups is 1. The van der Waals surface area contributed by atoms with Crippen molar-refractivity contribution in [1.82, 2.24) is 14.9 Å². The van der Waals surface area contributed by atoms with Gasteiger partial charge in [-0.15, -0.1) is 0 Å². The second-order valence-electron chi connectivity index (χ2n) is 6.26. The highest BCUT2D eigenvalue weighted by molar-refractivity contribution is 5.98. The molecule has 0 N–H and O–H groups in total. The minimum atomic E-state index is 0.106. The topological polar surface area (TPSA) is 46.1 Å². The molecule has 1 fully saturated rings. The van der Waals surface area contributed by atoms with Gasteiger partial charge in [-0.25, -0.2) is 9.97 Å². The van der Waals surface area contributed by atoms with Crippen LogP contribution in [0.3, 0.4) is 0 Å². The van der Waals surface area contributed by atoms with E-state index in [2.05, 4.69) is 16.9 Å². The van der Waals surface area contributed by atoms with Gasteiger partial charge in [0.25, 0.3) is 5.91 Å². The van der Waals surface area contributed by atoms with Gasteiger partial charge in [0.2, 0.25) is 0 Å². The molecule has 1 unspecified atom stereocenters. The van der Waals surface area contributed by atoms with Gasteiger partial charge in [-0.05, 0) is 56.5 Å². The van der Waals surface area contributed by atoms with Crippen molar-refractivity contribution in [3.63, 3.8) is 0 Å². The first-order valence-corrected chi connectivity index (χ1v) is 8.20. The fraction of sp³-hybridized carbons (Fsp3) is 0.316. The molecule has 1 saturated heterocycles. The SMILES string of the molecule is CC1CCCCN1C(=O)c1ccc2nc3ccccc3nc2c1. The van der Waals surface area contributed by atoms with Crippen LogP contribution in [-0.2, 0) is 0 Å². The second-order valence-corrected chi connectivity index (χ2v) is 6.26. The van der Waals surface area contributed by atoms with Crippen molar-refractivity contribution in [3.05, 3.63) is 48.0 Å². The molecule has 0 saturated carbocycles. The number of aromatic nitrogens is 2. The molecule has 1 atom stereocenters. The number of para-hydroxylation sites is 2. The van der Waals surface area contributed by atoms with Crippen LogP contribution in [-0.4, -0.2) is 33.4 Å². The highest BCUT2D eigenvalue weighted by atomic mass is 16.2. The molecule has 0 spiro atoms. The molecule has 4 nitrogen and oxygen atoms in total. The van der Waals surface area contributed by atoms with E-state index >= 15 is 0 Å². The summed E-state index contributed by atoms with van der Waals surface area (Å²) in [5.41, 5.74) is 4.04. The Morgan fingerprint density at radius 1 is 1.00 bits per heavy atom. The zero-order valence-electron chi connectivity index (χ0n) is 13.2. The molecule has 4 rings (SSSR count). The number of piperidine rings is 1. The third kappa shape index (κ3) is 2.54. The van der Waals surface area contributed by atoms with Gasteiger partial charge < -0.3 is 4.90 Å². The van der Waals surface area contributed by atoms with E-state index in [1.54, 1.807) is 0 Å². The lowest BCUT2D eigenvalue weighted by Gasteiger charge is -2.33. The van der Waals surface area contributed by atoms with Crippen molar-refractivity contribution in [2.75, 3.05) is 6.54 Å². The summed E-state index contributed by atoms with van der Waals surface area (Å²) in [6, 6.07) is 13.8. The molecular weight excluding hydrogens is 286 g/mol. The van der Waals surface area contributed by atoms with Crippen LogP contribution in [0.5, 0.6) is 0 Å². The summed E-state index contributed by atoms with van der Waals surface area (Å²) in [4.78, 5) is 24.1. The van der Waals surface area contributed by atoms with E-state index in [-0.39, 0.29) is 5.91 Å². The summed E-state index contributed by atoms with van der Waals surface area (Å²) in [5, 5.41) is 0. The molecule has 1 aliphatic rings. The van der Waals surface area contributed by atoms with Gasteiger partial charge in [0.05, 0.1) is 22.1 Å². The molecule has 0 aliphatic carbocycles. The van der Waals surface area contributed by atoms with Crippen LogP contribution in [0.2, 0.25) is 0 Å². The zero-order chi connectivity index (χ0) is 15.8. The first-order valence-electron chi connectivity index (χ1n) is 8.20. The Kier molecular flexibility index (Phi) is 3.45. The molecule has 23 heavy (non-hydrogen) atoms. The molecule has 2 heterocycles. The van der Waals surface area contributed by atoms with Gasteiger partial charge in [0.1, 0.15) is 0 Å². The minimum Gasteiger partial charge on any atom is -0.336 e. The Balaban J connectivity index is 1.75. The number of nitrogens with zero attached hydrogens (tertiary/aromatic N) is 3. The Bertz CT molecular complexity index is 890. The number of benzene rings is 2. The monoisotopic (exact) mass is 305 g/mol. The van der Waals surface area contributed by atoms with E-state index in [1.807, 2.05) is 47.4 Å². The van der Waals surface area contributed by atoms with E-state index in [0.717, 1.165) is 41.5 Å². The summed E-state index contributed by atoms with van der Waals surface area (Å²) in [6.45, 7) is 2.98. The van der Waals surface area contributed by atoms with Crippen molar-refractivity contribution in [3.8, 4) is 0 Å². The number of carbonyl (C=O) groups excluding carboxylic acids is 1. The summed E-state index contributed by atoms with van der Waals surface area (Å²) in [5.74, 6) is 0.106. The van der Waals surface area contributed by atoms with Gasteiger partial charge in [-0.2, -0.15) is 0 Å². The van der Waals surface area contributed by atoms with Crippen molar-refractivity contribution in [1.29, 1.82) is 0 Å². The van der Waals surface area contributed by atoms with E-state index in [0.29, 0.717) is 11.6 Å². The smallest absolute Gasteiger partial charge is 0.254 e. The van der Waals surface area contributed by atoms with Crippen molar-refractivity contribution in [2.45, 2.75) is 32.2 Å². The number of amides is 1. The molecular formula is C19H19N3O. The van der Waals surface area contributed by atoms with Crippen LogP contribution < -0.4 is 0 Å². The van der Waals surface area contributed by atoms with E-state index in [1.165, 1.54) is 6.42 Å². The summed E-state index contributed by atoms with van der Waals surface area (Å²) < 4.78 is 0. The highest BCUT2D eigenvalue weighted by Gasteiger charge is 2.24. The van der Waals surface area contributed by atoms with Crippen molar-refractivity contribution < 1.29 is 4.79 Å². The van der Waals surface area contributed by atoms with Crippen LogP contribution in [0, 0.1) is 0 Å². The standard InChI is InChI=1S/C19H19N3O/c1-13-6-4-5-11-22(13)19(23)14-9-10-17-18(12-14)21-16-8-3-2-7-15(16)20-17/h2-3,7-10,12-13H,4-6,11H2,1H3. The highest BCUT2D eigenvalue weighted by Crippen LogP contribution is 2.22. The lowest BCUT2D eigenvalue weighted by atomic mass is 10.0. The van der Waals surface area contributed by atoms with Gasteiger partial charge in [0, 0.05) is 18.2 Å². The number of hydrogen-bond donors (Lipinski definition) is 0. The maximum atomic E-state index is 12.8. The fourth-order valence-electron chi connectivity index (χ4n) is 3.32. The van der Waals surface area contributed by atoms with E-state index in [4.69, 9.17) is 0 Å². The average molecular weight is 305 g/mol. The van der Waals surface area contributed by atoms with Gasteiger partial charge in [-0.3, -0.25) is 4.79 Å². The van der Waals surface area contributed by atoms with Gasteiger partial charge in [-0.1, -0.05) is 12.1 Å².